The average Bonchev–Trinajstić information content (AvgIpc) is 2.92. The van der Waals surface area contributed by atoms with Gasteiger partial charge in [0.05, 0.1) is 6.61 Å². The van der Waals surface area contributed by atoms with E-state index in [0.29, 0.717) is 12.5 Å². The number of fused-ring (bicyclic) bond motifs is 1. The Balaban J connectivity index is 1.70. The monoisotopic (exact) mass is 317 g/mol. The number of nitrogens with zero attached hydrogens (tertiary/aromatic N) is 3. The highest BCUT2D eigenvalue weighted by atomic mass is 16.3. The summed E-state index contributed by atoms with van der Waals surface area (Å²) in [5.74, 6) is 0.474. The highest BCUT2D eigenvalue weighted by Gasteiger charge is 2.50. The highest BCUT2D eigenvalue weighted by molar-refractivity contribution is 5.74. The molecule has 1 N–H and O–H groups in total. The zero-order valence-corrected chi connectivity index (χ0v) is 14.1. The fourth-order valence-corrected chi connectivity index (χ4v) is 4.13. The van der Waals surface area contributed by atoms with Gasteiger partial charge in [0.1, 0.15) is 0 Å². The molecule has 23 heavy (non-hydrogen) atoms. The quantitative estimate of drug-likeness (QED) is 0.919. The summed E-state index contributed by atoms with van der Waals surface area (Å²) in [6.07, 6.45) is 0.978. The van der Waals surface area contributed by atoms with Gasteiger partial charge in [-0.05, 0) is 17.9 Å². The van der Waals surface area contributed by atoms with Crippen LogP contribution in [-0.4, -0.2) is 72.7 Å². The lowest BCUT2D eigenvalue weighted by Crippen LogP contribution is -2.54. The summed E-state index contributed by atoms with van der Waals surface area (Å²) in [6.45, 7) is 4.40. The minimum Gasteiger partial charge on any atom is -0.396 e. The van der Waals surface area contributed by atoms with E-state index in [0.717, 1.165) is 32.6 Å². The average molecular weight is 317 g/mol. The van der Waals surface area contributed by atoms with Gasteiger partial charge in [-0.3, -0.25) is 4.90 Å². The van der Waals surface area contributed by atoms with E-state index < -0.39 is 0 Å². The number of benzene rings is 1. The van der Waals surface area contributed by atoms with Crippen LogP contribution in [0.4, 0.5) is 4.79 Å². The first-order chi connectivity index (χ1) is 11.0. The van der Waals surface area contributed by atoms with Crippen molar-refractivity contribution in [3.8, 4) is 0 Å². The first-order valence-electron chi connectivity index (χ1n) is 8.37. The molecule has 0 bridgehead atoms. The number of rotatable bonds is 3. The summed E-state index contributed by atoms with van der Waals surface area (Å²) in [7, 11) is 3.58. The van der Waals surface area contributed by atoms with Gasteiger partial charge in [-0.15, -0.1) is 0 Å². The van der Waals surface area contributed by atoms with Gasteiger partial charge < -0.3 is 14.9 Å². The molecule has 2 heterocycles. The lowest BCUT2D eigenvalue weighted by molar-refractivity contribution is 0.0210. The summed E-state index contributed by atoms with van der Waals surface area (Å²) in [4.78, 5) is 18.2. The van der Waals surface area contributed by atoms with Crippen molar-refractivity contribution in [3.63, 3.8) is 0 Å². The molecule has 2 fully saturated rings. The molecule has 5 nitrogen and oxygen atoms in total. The fourth-order valence-electron chi connectivity index (χ4n) is 4.13. The maximum Gasteiger partial charge on any atom is 0.319 e. The molecule has 126 valence electrons. The van der Waals surface area contributed by atoms with E-state index in [2.05, 4.69) is 29.2 Å². The number of urea groups is 1. The normalized spacial score (nSPS) is 27.8. The van der Waals surface area contributed by atoms with Gasteiger partial charge in [-0.25, -0.2) is 4.79 Å². The van der Waals surface area contributed by atoms with Crippen molar-refractivity contribution in [3.05, 3.63) is 35.9 Å². The molecule has 1 aromatic carbocycles. The van der Waals surface area contributed by atoms with Crippen LogP contribution < -0.4 is 0 Å². The largest absolute Gasteiger partial charge is 0.396 e. The lowest BCUT2D eigenvalue weighted by atomic mass is 9.74. The van der Waals surface area contributed by atoms with Gasteiger partial charge >= 0.3 is 6.03 Å². The second-order valence-corrected chi connectivity index (χ2v) is 7.26. The second kappa shape index (κ2) is 6.49. The Morgan fingerprint density at radius 2 is 2.04 bits per heavy atom. The van der Waals surface area contributed by atoms with Crippen LogP contribution in [0, 0.1) is 11.3 Å². The smallest absolute Gasteiger partial charge is 0.319 e. The van der Waals surface area contributed by atoms with E-state index in [1.165, 1.54) is 5.56 Å². The zero-order chi connectivity index (χ0) is 16.4. The molecule has 0 aliphatic carbocycles. The first-order valence-corrected chi connectivity index (χ1v) is 8.37. The summed E-state index contributed by atoms with van der Waals surface area (Å²) in [5, 5.41) is 10.1. The van der Waals surface area contributed by atoms with Crippen molar-refractivity contribution in [1.82, 2.24) is 14.7 Å². The number of aliphatic hydroxyl groups excluding tert-OH is 1. The molecule has 0 radical (unpaired) electrons. The fraction of sp³-hybridized carbons (Fsp3) is 0.611. The Hall–Kier alpha value is -1.59. The summed E-state index contributed by atoms with van der Waals surface area (Å²) in [6, 6.07) is 10.5. The predicted octanol–water partition coefficient (Wildman–Crippen LogP) is 1.48. The summed E-state index contributed by atoms with van der Waals surface area (Å²) in [5.41, 5.74) is 1.14. The van der Waals surface area contributed by atoms with Crippen LogP contribution in [0.5, 0.6) is 0 Å². The zero-order valence-electron chi connectivity index (χ0n) is 14.1. The SMILES string of the molecule is CN(C)C(=O)N1CC[C@H]2CN(Cc3ccccc3)C[C@@]2(CO)C1. The molecule has 2 amide bonds. The van der Waals surface area contributed by atoms with Gasteiger partial charge in [-0.2, -0.15) is 0 Å². The van der Waals surface area contributed by atoms with Gasteiger partial charge in [0.2, 0.25) is 0 Å². The third-order valence-corrected chi connectivity index (χ3v) is 5.35. The molecular weight excluding hydrogens is 290 g/mol. The van der Waals surface area contributed by atoms with Gasteiger partial charge in [0.25, 0.3) is 0 Å². The molecular formula is C18H27N3O2. The van der Waals surface area contributed by atoms with Crippen molar-refractivity contribution in [1.29, 1.82) is 0 Å². The Bertz CT molecular complexity index is 548. The number of piperidine rings is 1. The van der Waals surface area contributed by atoms with Gasteiger partial charge in [0.15, 0.2) is 0 Å². The topological polar surface area (TPSA) is 47.0 Å². The van der Waals surface area contributed by atoms with Crippen molar-refractivity contribution in [2.24, 2.45) is 11.3 Å². The molecule has 0 spiro atoms. The molecule has 2 atom stereocenters. The van der Waals surface area contributed by atoms with Crippen molar-refractivity contribution >= 4 is 6.03 Å². The number of hydrogen-bond donors (Lipinski definition) is 1. The van der Waals surface area contributed by atoms with Crippen molar-refractivity contribution < 1.29 is 9.90 Å². The van der Waals surface area contributed by atoms with E-state index in [-0.39, 0.29) is 18.1 Å². The number of aliphatic hydroxyl groups is 1. The molecule has 5 heteroatoms. The van der Waals surface area contributed by atoms with Crippen LogP contribution in [0.25, 0.3) is 0 Å². The minimum atomic E-state index is -0.168. The number of amides is 2. The Labute approximate surface area is 138 Å². The van der Waals surface area contributed by atoms with Crippen LogP contribution in [0.15, 0.2) is 30.3 Å². The van der Waals surface area contributed by atoms with E-state index >= 15 is 0 Å². The number of carbonyl (C=O) groups excluding carboxylic acids is 1. The Kier molecular flexibility index (Phi) is 4.60. The number of carbonyl (C=O) groups is 1. The minimum absolute atomic E-state index is 0.0535. The molecule has 0 aromatic heterocycles. The lowest BCUT2D eigenvalue weighted by Gasteiger charge is -2.43. The Morgan fingerprint density at radius 1 is 1.30 bits per heavy atom. The Morgan fingerprint density at radius 3 is 2.70 bits per heavy atom. The van der Waals surface area contributed by atoms with E-state index in [9.17, 15) is 9.90 Å². The van der Waals surface area contributed by atoms with Crippen molar-refractivity contribution in [2.45, 2.75) is 13.0 Å². The van der Waals surface area contributed by atoms with Gasteiger partial charge in [-0.1, -0.05) is 30.3 Å². The second-order valence-electron chi connectivity index (χ2n) is 7.26. The molecule has 2 aliphatic rings. The first kappa shape index (κ1) is 16.3. The molecule has 1 aromatic rings. The van der Waals surface area contributed by atoms with E-state index in [4.69, 9.17) is 0 Å². The molecule has 0 unspecified atom stereocenters. The standard InChI is InChI=1S/C18H27N3O2/c1-19(2)17(23)21-9-8-16-11-20(12-18(16,13-21)14-22)10-15-6-4-3-5-7-15/h3-7,16,22H,8-14H2,1-2H3/t16-,18-/m0/s1. The molecule has 2 saturated heterocycles. The van der Waals surface area contributed by atoms with Crippen LogP contribution in [0.1, 0.15) is 12.0 Å². The maximum atomic E-state index is 12.3. The molecule has 2 aliphatic heterocycles. The summed E-state index contributed by atoms with van der Waals surface area (Å²) >= 11 is 0. The number of hydrogen-bond acceptors (Lipinski definition) is 3. The predicted molar refractivity (Wildman–Crippen MR) is 90.0 cm³/mol. The number of likely N-dealkylation sites (tertiary alicyclic amines) is 2. The van der Waals surface area contributed by atoms with Crippen LogP contribution in [0.2, 0.25) is 0 Å². The van der Waals surface area contributed by atoms with Gasteiger partial charge in [0, 0.05) is 52.2 Å². The molecule has 0 saturated carbocycles. The highest BCUT2D eigenvalue weighted by Crippen LogP contribution is 2.42. The van der Waals surface area contributed by atoms with Crippen molar-refractivity contribution in [2.75, 3.05) is 46.9 Å². The van der Waals surface area contributed by atoms with Crippen LogP contribution in [-0.2, 0) is 6.54 Å². The maximum absolute atomic E-state index is 12.3. The van der Waals surface area contributed by atoms with Crippen LogP contribution >= 0.6 is 0 Å². The van der Waals surface area contributed by atoms with E-state index in [1.54, 1.807) is 19.0 Å². The molecule has 3 rings (SSSR count). The summed E-state index contributed by atoms with van der Waals surface area (Å²) < 4.78 is 0. The van der Waals surface area contributed by atoms with E-state index in [1.807, 2.05) is 11.0 Å². The third-order valence-electron chi connectivity index (χ3n) is 5.35. The third kappa shape index (κ3) is 3.21. The van der Waals surface area contributed by atoms with Crippen LogP contribution in [0.3, 0.4) is 0 Å².